The Kier molecular flexibility index (Phi) is 6.71. The number of carbonyl (C=O) groups excluding carboxylic acids is 1. The van der Waals surface area contributed by atoms with Gasteiger partial charge in [0.05, 0.1) is 32.7 Å². The van der Waals surface area contributed by atoms with E-state index in [1.807, 2.05) is 18.2 Å². The van der Waals surface area contributed by atoms with Gasteiger partial charge in [-0.15, -0.1) is 0 Å². The first-order valence-corrected chi connectivity index (χ1v) is 11.4. The molecule has 8 nitrogen and oxygen atoms in total. The van der Waals surface area contributed by atoms with E-state index in [9.17, 15) is 13.2 Å². The van der Waals surface area contributed by atoms with E-state index < -0.39 is 16.1 Å². The first kappa shape index (κ1) is 21.8. The van der Waals surface area contributed by atoms with Crippen molar-refractivity contribution in [2.75, 3.05) is 37.9 Å². The second kappa shape index (κ2) is 9.25. The SMILES string of the molecule is COc1ccc(CCCNC(=O)[C@@H]2CN(S(C)(=O)=O)c3ccccc3O2)cc1OC. The molecule has 0 radical (unpaired) electrons. The third-order valence-corrected chi connectivity index (χ3v) is 5.96. The van der Waals surface area contributed by atoms with E-state index in [1.165, 1.54) is 4.31 Å². The third-order valence-electron chi connectivity index (χ3n) is 4.82. The van der Waals surface area contributed by atoms with Crippen LogP contribution >= 0.6 is 0 Å². The second-order valence-corrected chi connectivity index (χ2v) is 8.86. The molecule has 2 aromatic rings. The van der Waals surface area contributed by atoms with Gasteiger partial charge in [0.1, 0.15) is 5.75 Å². The molecule has 0 saturated heterocycles. The normalized spacial score (nSPS) is 15.7. The summed E-state index contributed by atoms with van der Waals surface area (Å²) in [7, 11) is -0.354. The van der Waals surface area contributed by atoms with Gasteiger partial charge in [-0.1, -0.05) is 18.2 Å². The average Bonchev–Trinajstić information content (AvgIpc) is 2.74. The van der Waals surface area contributed by atoms with Crippen molar-refractivity contribution < 1.29 is 27.4 Å². The summed E-state index contributed by atoms with van der Waals surface area (Å²) >= 11 is 0. The molecule has 0 unspecified atom stereocenters. The van der Waals surface area contributed by atoms with Crippen LogP contribution in [0.2, 0.25) is 0 Å². The smallest absolute Gasteiger partial charge is 0.263 e. The molecule has 162 valence electrons. The summed E-state index contributed by atoms with van der Waals surface area (Å²) in [6, 6.07) is 12.5. The molecular formula is C21H26N2O6S. The predicted octanol–water partition coefficient (Wildman–Crippen LogP) is 1.98. The maximum Gasteiger partial charge on any atom is 0.263 e. The number of methoxy groups -OCH3 is 2. The lowest BCUT2D eigenvalue weighted by Gasteiger charge is -2.33. The molecule has 0 saturated carbocycles. The molecule has 0 bridgehead atoms. The zero-order valence-electron chi connectivity index (χ0n) is 17.3. The van der Waals surface area contributed by atoms with Gasteiger partial charge < -0.3 is 19.5 Å². The Labute approximate surface area is 176 Å². The van der Waals surface area contributed by atoms with Crippen LogP contribution in [0.5, 0.6) is 17.2 Å². The van der Waals surface area contributed by atoms with Gasteiger partial charge >= 0.3 is 0 Å². The van der Waals surface area contributed by atoms with E-state index in [0.717, 1.165) is 18.2 Å². The Morgan fingerprint density at radius 3 is 2.60 bits per heavy atom. The molecule has 1 aliphatic rings. The van der Waals surface area contributed by atoms with E-state index in [2.05, 4.69) is 5.32 Å². The fourth-order valence-corrected chi connectivity index (χ4v) is 4.22. The van der Waals surface area contributed by atoms with Crippen LogP contribution in [0.1, 0.15) is 12.0 Å². The number of nitrogens with one attached hydrogen (secondary N) is 1. The minimum atomic E-state index is -3.53. The van der Waals surface area contributed by atoms with E-state index >= 15 is 0 Å². The number of para-hydroxylation sites is 2. The summed E-state index contributed by atoms with van der Waals surface area (Å²) in [5.41, 5.74) is 1.51. The number of benzene rings is 2. The highest BCUT2D eigenvalue weighted by molar-refractivity contribution is 7.92. The van der Waals surface area contributed by atoms with Crippen molar-refractivity contribution in [2.24, 2.45) is 0 Å². The topological polar surface area (TPSA) is 94.2 Å². The summed E-state index contributed by atoms with van der Waals surface area (Å²) in [4.78, 5) is 12.6. The highest BCUT2D eigenvalue weighted by Crippen LogP contribution is 2.34. The van der Waals surface area contributed by atoms with Crippen molar-refractivity contribution in [3.05, 3.63) is 48.0 Å². The van der Waals surface area contributed by atoms with Crippen molar-refractivity contribution in [1.82, 2.24) is 5.32 Å². The Hall–Kier alpha value is -2.94. The van der Waals surface area contributed by atoms with E-state index in [0.29, 0.717) is 35.9 Å². The zero-order chi connectivity index (χ0) is 21.7. The molecule has 1 amide bonds. The highest BCUT2D eigenvalue weighted by atomic mass is 32.2. The van der Waals surface area contributed by atoms with Crippen LogP contribution in [-0.4, -0.2) is 54.0 Å². The van der Waals surface area contributed by atoms with Gasteiger partial charge in [0.25, 0.3) is 5.91 Å². The number of anilines is 1. The lowest BCUT2D eigenvalue weighted by Crippen LogP contribution is -2.50. The molecule has 0 aromatic heterocycles. The van der Waals surface area contributed by atoms with Crippen molar-refractivity contribution in [3.63, 3.8) is 0 Å². The fraction of sp³-hybridized carbons (Fsp3) is 0.381. The molecule has 9 heteroatoms. The van der Waals surface area contributed by atoms with Crippen molar-refractivity contribution in [1.29, 1.82) is 0 Å². The van der Waals surface area contributed by atoms with Gasteiger partial charge in [-0.05, 0) is 42.7 Å². The number of sulfonamides is 1. The molecule has 1 N–H and O–H groups in total. The molecule has 0 aliphatic carbocycles. The number of nitrogens with zero attached hydrogens (tertiary/aromatic N) is 1. The van der Waals surface area contributed by atoms with Gasteiger partial charge in [-0.25, -0.2) is 8.42 Å². The van der Waals surface area contributed by atoms with Crippen molar-refractivity contribution in [2.45, 2.75) is 18.9 Å². The molecule has 0 fully saturated rings. The first-order chi connectivity index (χ1) is 14.3. The lowest BCUT2D eigenvalue weighted by atomic mass is 10.1. The summed E-state index contributed by atoms with van der Waals surface area (Å²) in [5, 5.41) is 2.84. The number of amides is 1. The van der Waals surface area contributed by atoms with Crippen LogP contribution in [0.3, 0.4) is 0 Å². The lowest BCUT2D eigenvalue weighted by molar-refractivity contribution is -0.127. The van der Waals surface area contributed by atoms with E-state index in [1.54, 1.807) is 38.5 Å². The summed E-state index contributed by atoms with van der Waals surface area (Å²) in [5.74, 6) is 1.36. The van der Waals surface area contributed by atoms with Crippen LogP contribution in [0.15, 0.2) is 42.5 Å². The average molecular weight is 435 g/mol. The Bertz CT molecular complexity index is 1010. The predicted molar refractivity (Wildman–Crippen MR) is 114 cm³/mol. The summed E-state index contributed by atoms with van der Waals surface area (Å²) in [6.45, 7) is 0.380. The van der Waals surface area contributed by atoms with Crippen molar-refractivity contribution >= 4 is 21.6 Å². The van der Waals surface area contributed by atoms with Crippen LogP contribution in [0.4, 0.5) is 5.69 Å². The number of hydrogen-bond acceptors (Lipinski definition) is 6. The highest BCUT2D eigenvalue weighted by Gasteiger charge is 2.34. The Morgan fingerprint density at radius 1 is 1.17 bits per heavy atom. The number of hydrogen-bond donors (Lipinski definition) is 1. The molecule has 3 rings (SSSR count). The Balaban J connectivity index is 1.57. The quantitative estimate of drug-likeness (QED) is 0.639. The van der Waals surface area contributed by atoms with E-state index in [-0.39, 0.29) is 12.5 Å². The molecule has 1 heterocycles. The van der Waals surface area contributed by atoms with Crippen LogP contribution < -0.4 is 23.8 Å². The van der Waals surface area contributed by atoms with Gasteiger partial charge in [0, 0.05) is 6.54 Å². The molecule has 0 spiro atoms. The maximum atomic E-state index is 12.6. The Morgan fingerprint density at radius 2 is 1.90 bits per heavy atom. The monoisotopic (exact) mass is 434 g/mol. The standard InChI is InChI=1S/C21H26N2O6S/c1-27-18-11-10-15(13-19(18)28-2)7-6-12-22-21(24)20-14-23(30(3,25)26)16-8-4-5-9-17(16)29-20/h4-5,8-11,13,20H,6-7,12,14H2,1-3H3,(H,22,24)/t20-/m0/s1. The first-order valence-electron chi connectivity index (χ1n) is 9.55. The molecule has 1 atom stereocenters. The molecular weight excluding hydrogens is 408 g/mol. The third kappa shape index (κ3) is 4.96. The van der Waals surface area contributed by atoms with E-state index in [4.69, 9.17) is 14.2 Å². The van der Waals surface area contributed by atoms with Gasteiger partial charge in [0.2, 0.25) is 10.0 Å². The second-order valence-electron chi connectivity index (χ2n) is 6.95. The fourth-order valence-electron chi connectivity index (χ4n) is 3.31. The van der Waals surface area contributed by atoms with Gasteiger partial charge in [-0.3, -0.25) is 9.10 Å². The van der Waals surface area contributed by atoms with Gasteiger partial charge in [-0.2, -0.15) is 0 Å². The number of rotatable bonds is 8. The summed E-state index contributed by atoms with van der Waals surface area (Å²) in [6.07, 6.45) is 1.66. The van der Waals surface area contributed by atoms with Crippen LogP contribution in [-0.2, 0) is 21.2 Å². The number of fused-ring (bicyclic) bond motifs is 1. The zero-order valence-corrected chi connectivity index (χ0v) is 18.1. The summed E-state index contributed by atoms with van der Waals surface area (Å²) < 4.78 is 41.8. The molecule has 30 heavy (non-hydrogen) atoms. The molecule has 1 aliphatic heterocycles. The maximum absolute atomic E-state index is 12.6. The number of ether oxygens (including phenoxy) is 3. The van der Waals surface area contributed by atoms with Crippen LogP contribution in [0, 0.1) is 0 Å². The minimum absolute atomic E-state index is 0.0582. The largest absolute Gasteiger partial charge is 0.493 e. The molecule has 2 aromatic carbocycles. The van der Waals surface area contributed by atoms with Crippen LogP contribution in [0.25, 0.3) is 0 Å². The minimum Gasteiger partial charge on any atom is -0.493 e. The number of carbonyl (C=O) groups is 1. The van der Waals surface area contributed by atoms with Crippen molar-refractivity contribution in [3.8, 4) is 17.2 Å². The van der Waals surface area contributed by atoms with Gasteiger partial charge in [0.15, 0.2) is 17.6 Å². The number of aryl methyl sites for hydroxylation is 1.